The van der Waals surface area contributed by atoms with E-state index in [0.717, 1.165) is 43.6 Å². The van der Waals surface area contributed by atoms with Crippen LogP contribution in [0.2, 0.25) is 0 Å². The molecule has 0 bridgehead atoms. The third-order valence-corrected chi connectivity index (χ3v) is 5.67. The predicted molar refractivity (Wildman–Crippen MR) is 110 cm³/mol. The standard InChI is InChI=1S/C23H26N4O/c1-17-5-2-3-7-19(17)9-8-18-6-4-14-27(16-18)23(28)22-15-21(25-26-22)20-10-12-24-13-11-20/h2-3,5,7,10-13,15,18H,4,6,8-9,14,16H2,1H3,(H,25,26)/t18-/m0/s1. The lowest BCUT2D eigenvalue weighted by Crippen LogP contribution is -2.40. The third kappa shape index (κ3) is 4.14. The van der Waals surface area contributed by atoms with Crippen LogP contribution in [0.1, 0.15) is 40.9 Å². The van der Waals surface area contributed by atoms with Crippen LogP contribution in [-0.4, -0.2) is 39.1 Å². The first kappa shape index (κ1) is 18.4. The number of nitrogens with one attached hydrogen (secondary N) is 1. The van der Waals surface area contributed by atoms with Crippen molar-refractivity contribution in [1.29, 1.82) is 0 Å². The molecule has 3 aromatic rings. The zero-order valence-electron chi connectivity index (χ0n) is 16.3. The number of carbonyl (C=O) groups is 1. The molecule has 1 atom stereocenters. The number of piperidine rings is 1. The molecule has 4 rings (SSSR count). The van der Waals surface area contributed by atoms with Crippen molar-refractivity contribution in [2.75, 3.05) is 13.1 Å². The van der Waals surface area contributed by atoms with Gasteiger partial charge in [-0.1, -0.05) is 24.3 Å². The van der Waals surface area contributed by atoms with E-state index in [2.05, 4.69) is 46.4 Å². The number of carbonyl (C=O) groups excluding carboxylic acids is 1. The molecular formula is C23H26N4O. The maximum Gasteiger partial charge on any atom is 0.271 e. The molecule has 28 heavy (non-hydrogen) atoms. The molecule has 0 radical (unpaired) electrons. The van der Waals surface area contributed by atoms with Crippen molar-refractivity contribution in [3.63, 3.8) is 0 Å². The van der Waals surface area contributed by atoms with Crippen LogP contribution in [0, 0.1) is 12.8 Å². The van der Waals surface area contributed by atoms with Crippen molar-refractivity contribution in [2.45, 2.75) is 32.6 Å². The summed E-state index contributed by atoms with van der Waals surface area (Å²) in [5.74, 6) is 0.605. The molecular weight excluding hydrogens is 348 g/mol. The summed E-state index contributed by atoms with van der Waals surface area (Å²) < 4.78 is 0. The average molecular weight is 374 g/mol. The minimum absolute atomic E-state index is 0.0494. The number of hydrogen-bond donors (Lipinski definition) is 1. The topological polar surface area (TPSA) is 61.9 Å². The van der Waals surface area contributed by atoms with Crippen molar-refractivity contribution in [3.05, 3.63) is 71.7 Å². The molecule has 5 nitrogen and oxygen atoms in total. The Kier molecular flexibility index (Phi) is 5.51. The summed E-state index contributed by atoms with van der Waals surface area (Å²) >= 11 is 0. The third-order valence-electron chi connectivity index (χ3n) is 5.67. The van der Waals surface area contributed by atoms with Crippen molar-refractivity contribution in [1.82, 2.24) is 20.1 Å². The molecule has 0 saturated carbocycles. The van der Waals surface area contributed by atoms with Gasteiger partial charge in [-0.05, 0) is 67.9 Å². The van der Waals surface area contributed by atoms with Crippen LogP contribution in [-0.2, 0) is 6.42 Å². The second kappa shape index (κ2) is 8.38. The van der Waals surface area contributed by atoms with Crippen molar-refractivity contribution >= 4 is 5.91 Å². The number of benzene rings is 1. The van der Waals surface area contributed by atoms with Crippen LogP contribution in [0.15, 0.2) is 54.9 Å². The van der Waals surface area contributed by atoms with E-state index >= 15 is 0 Å². The van der Waals surface area contributed by atoms with Gasteiger partial charge in [0.1, 0.15) is 5.69 Å². The van der Waals surface area contributed by atoms with E-state index in [1.165, 1.54) is 17.5 Å². The van der Waals surface area contributed by atoms with Gasteiger partial charge in [0.05, 0.1) is 5.69 Å². The highest BCUT2D eigenvalue weighted by atomic mass is 16.2. The first-order chi connectivity index (χ1) is 13.7. The average Bonchev–Trinajstić information content (AvgIpc) is 3.24. The normalized spacial score (nSPS) is 16.9. The summed E-state index contributed by atoms with van der Waals surface area (Å²) in [6.45, 7) is 3.82. The molecule has 0 aliphatic carbocycles. The Hall–Kier alpha value is -2.95. The molecule has 1 N–H and O–H groups in total. The van der Waals surface area contributed by atoms with Crippen LogP contribution in [0.25, 0.3) is 11.3 Å². The number of aromatic amines is 1. The molecule has 144 valence electrons. The largest absolute Gasteiger partial charge is 0.337 e. The zero-order valence-corrected chi connectivity index (χ0v) is 16.3. The summed E-state index contributed by atoms with van der Waals surface area (Å²) in [5, 5.41) is 7.23. The Bertz CT molecular complexity index is 935. The number of hydrogen-bond acceptors (Lipinski definition) is 3. The van der Waals surface area contributed by atoms with Gasteiger partial charge < -0.3 is 4.90 Å². The number of rotatable bonds is 5. The number of likely N-dealkylation sites (tertiary alicyclic amines) is 1. The monoisotopic (exact) mass is 374 g/mol. The Balaban J connectivity index is 1.38. The van der Waals surface area contributed by atoms with Crippen LogP contribution in [0.3, 0.4) is 0 Å². The van der Waals surface area contributed by atoms with Crippen LogP contribution < -0.4 is 0 Å². The summed E-state index contributed by atoms with van der Waals surface area (Å²) in [5.41, 5.74) is 5.07. The minimum Gasteiger partial charge on any atom is -0.337 e. The number of pyridine rings is 1. The van der Waals surface area contributed by atoms with E-state index in [9.17, 15) is 4.79 Å². The Labute approximate surface area is 165 Å². The van der Waals surface area contributed by atoms with Crippen molar-refractivity contribution in [3.8, 4) is 11.3 Å². The summed E-state index contributed by atoms with van der Waals surface area (Å²) in [6, 6.07) is 14.2. The van der Waals surface area contributed by atoms with Crippen LogP contribution in [0.4, 0.5) is 0 Å². The van der Waals surface area contributed by atoms with E-state index in [-0.39, 0.29) is 5.91 Å². The first-order valence-electron chi connectivity index (χ1n) is 10.0. The fourth-order valence-electron chi connectivity index (χ4n) is 4.01. The molecule has 2 aromatic heterocycles. The minimum atomic E-state index is 0.0494. The first-order valence-corrected chi connectivity index (χ1v) is 10.0. The summed E-state index contributed by atoms with van der Waals surface area (Å²) in [6.07, 6.45) is 7.93. The highest BCUT2D eigenvalue weighted by Crippen LogP contribution is 2.24. The molecule has 1 fully saturated rings. The fraction of sp³-hybridized carbons (Fsp3) is 0.348. The SMILES string of the molecule is Cc1ccccc1CC[C@@H]1CCCN(C(=O)c2cc(-c3ccncc3)n[nH]2)C1. The molecule has 1 aliphatic heterocycles. The molecule has 0 unspecified atom stereocenters. The molecule has 3 heterocycles. The fourth-order valence-corrected chi connectivity index (χ4v) is 4.01. The van der Waals surface area contributed by atoms with Gasteiger partial charge in [-0.25, -0.2) is 0 Å². The van der Waals surface area contributed by atoms with Crippen LogP contribution >= 0.6 is 0 Å². The lowest BCUT2D eigenvalue weighted by molar-refractivity contribution is 0.0662. The number of nitrogens with zero attached hydrogens (tertiary/aromatic N) is 3. The quantitative estimate of drug-likeness (QED) is 0.726. The molecule has 1 aliphatic rings. The highest BCUT2D eigenvalue weighted by Gasteiger charge is 2.25. The molecule has 5 heteroatoms. The van der Waals surface area contributed by atoms with Gasteiger partial charge >= 0.3 is 0 Å². The molecule has 0 spiro atoms. The number of aryl methyl sites for hydroxylation is 2. The molecule has 1 aromatic carbocycles. The zero-order chi connectivity index (χ0) is 19.3. The van der Waals surface area contributed by atoms with E-state index in [1.54, 1.807) is 12.4 Å². The maximum absolute atomic E-state index is 13.0. The van der Waals surface area contributed by atoms with Crippen molar-refractivity contribution in [2.24, 2.45) is 5.92 Å². The van der Waals surface area contributed by atoms with Gasteiger partial charge in [0.15, 0.2) is 0 Å². The molecule has 1 amide bonds. The number of H-pyrrole nitrogens is 1. The van der Waals surface area contributed by atoms with E-state index < -0.39 is 0 Å². The van der Waals surface area contributed by atoms with E-state index in [0.29, 0.717) is 11.6 Å². The van der Waals surface area contributed by atoms with Crippen LogP contribution in [0.5, 0.6) is 0 Å². The van der Waals surface area contributed by atoms with Gasteiger partial charge in [-0.3, -0.25) is 14.9 Å². The van der Waals surface area contributed by atoms with Crippen molar-refractivity contribution < 1.29 is 4.79 Å². The predicted octanol–water partition coefficient (Wildman–Crippen LogP) is 4.27. The number of aromatic nitrogens is 3. The van der Waals surface area contributed by atoms with Gasteiger partial charge in [-0.15, -0.1) is 0 Å². The maximum atomic E-state index is 13.0. The second-order valence-corrected chi connectivity index (χ2v) is 7.63. The lowest BCUT2D eigenvalue weighted by Gasteiger charge is -2.32. The lowest BCUT2D eigenvalue weighted by atomic mass is 9.90. The van der Waals surface area contributed by atoms with Gasteiger partial charge in [0.2, 0.25) is 0 Å². The summed E-state index contributed by atoms with van der Waals surface area (Å²) in [7, 11) is 0. The Morgan fingerprint density at radius 2 is 2.04 bits per heavy atom. The summed E-state index contributed by atoms with van der Waals surface area (Å²) in [4.78, 5) is 19.0. The second-order valence-electron chi connectivity index (χ2n) is 7.63. The number of amides is 1. The van der Waals surface area contributed by atoms with Gasteiger partial charge in [-0.2, -0.15) is 5.10 Å². The Morgan fingerprint density at radius 3 is 2.86 bits per heavy atom. The van der Waals surface area contributed by atoms with E-state index in [4.69, 9.17) is 0 Å². The van der Waals surface area contributed by atoms with E-state index in [1.807, 2.05) is 23.1 Å². The Morgan fingerprint density at radius 1 is 1.21 bits per heavy atom. The molecule has 1 saturated heterocycles. The highest BCUT2D eigenvalue weighted by molar-refractivity contribution is 5.93. The van der Waals surface area contributed by atoms with Gasteiger partial charge in [0, 0.05) is 31.0 Å². The smallest absolute Gasteiger partial charge is 0.271 e. The van der Waals surface area contributed by atoms with Gasteiger partial charge in [0.25, 0.3) is 5.91 Å².